The number of hydrazine groups is 1. The van der Waals surface area contributed by atoms with Crippen molar-refractivity contribution in [2.24, 2.45) is 0 Å². The van der Waals surface area contributed by atoms with Crippen LogP contribution in [0.1, 0.15) is 18.9 Å². The van der Waals surface area contributed by atoms with Crippen molar-refractivity contribution in [3.05, 3.63) is 70.3 Å². The third-order valence-electron chi connectivity index (χ3n) is 6.28. The van der Waals surface area contributed by atoms with Crippen LogP contribution in [0.25, 0.3) is 0 Å². The number of benzene rings is 2. The molecule has 11 heteroatoms. The fourth-order valence-corrected chi connectivity index (χ4v) is 4.43. The highest BCUT2D eigenvalue weighted by Gasteiger charge is 2.52. The molecule has 0 aromatic heterocycles. The predicted molar refractivity (Wildman–Crippen MR) is 124 cm³/mol. The first kappa shape index (κ1) is 23.2. The molecule has 0 aliphatic carbocycles. The number of piperazine rings is 1. The molecule has 2 aliphatic heterocycles. The number of nitrogens with one attached hydrogen (secondary N) is 2. The van der Waals surface area contributed by atoms with E-state index in [4.69, 9.17) is 0 Å². The number of hydrogen-bond acceptors (Lipinski definition) is 7. The second kappa shape index (κ2) is 9.48. The molecule has 4 amide bonds. The van der Waals surface area contributed by atoms with Gasteiger partial charge in [-0.05, 0) is 18.1 Å². The van der Waals surface area contributed by atoms with E-state index in [-0.39, 0.29) is 12.2 Å². The summed E-state index contributed by atoms with van der Waals surface area (Å²) in [5.41, 5.74) is 2.47. The lowest BCUT2D eigenvalue weighted by Gasteiger charge is -2.35. The zero-order valence-electron chi connectivity index (χ0n) is 18.8. The molecular formula is C23H26N6O5. The van der Waals surface area contributed by atoms with Crippen LogP contribution in [0.5, 0.6) is 0 Å². The van der Waals surface area contributed by atoms with Gasteiger partial charge in [-0.1, -0.05) is 49.4 Å². The van der Waals surface area contributed by atoms with Gasteiger partial charge in [0.1, 0.15) is 11.2 Å². The number of nitro benzene ring substituents is 1. The molecule has 0 saturated carbocycles. The van der Waals surface area contributed by atoms with Crippen LogP contribution in [0, 0.1) is 10.1 Å². The Morgan fingerprint density at radius 2 is 1.71 bits per heavy atom. The summed E-state index contributed by atoms with van der Waals surface area (Å²) < 4.78 is 0. The Morgan fingerprint density at radius 3 is 2.35 bits per heavy atom. The number of imide groups is 1. The normalized spacial score (nSPS) is 20.9. The molecule has 2 saturated heterocycles. The van der Waals surface area contributed by atoms with Gasteiger partial charge in [0.25, 0.3) is 17.5 Å². The van der Waals surface area contributed by atoms with Crippen molar-refractivity contribution < 1.29 is 19.3 Å². The van der Waals surface area contributed by atoms with E-state index in [1.54, 1.807) is 49.4 Å². The van der Waals surface area contributed by atoms with Gasteiger partial charge in [0, 0.05) is 32.2 Å². The number of nitrogens with zero attached hydrogens (tertiary/aromatic N) is 4. The average molecular weight is 466 g/mol. The highest BCUT2D eigenvalue weighted by atomic mass is 16.6. The van der Waals surface area contributed by atoms with Crippen LogP contribution in [0.15, 0.2) is 54.6 Å². The molecule has 2 fully saturated rings. The van der Waals surface area contributed by atoms with Crippen LogP contribution in [0.2, 0.25) is 0 Å². The Balaban J connectivity index is 1.36. The smallest absolute Gasteiger partial charge is 0.344 e. The third kappa shape index (κ3) is 4.29. The maximum atomic E-state index is 13.1. The molecule has 2 N–H and O–H groups in total. The summed E-state index contributed by atoms with van der Waals surface area (Å²) in [5, 5.41) is 14.8. The van der Waals surface area contributed by atoms with Gasteiger partial charge in [0.05, 0.1) is 11.5 Å². The number of nitro groups is 1. The number of carbonyl (C=O) groups excluding carboxylic acids is 3. The van der Waals surface area contributed by atoms with Crippen molar-refractivity contribution in [3.63, 3.8) is 0 Å². The summed E-state index contributed by atoms with van der Waals surface area (Å²) in [6.45, 7) is 3.81. The third-order valence-corrected chi connectivity index (χ3v) is 6.28. The summed E-state index contributed by atoms with van der Waals surface area (Å²) in [6.07, 6.45) is 0.335. The quantitative estimate of drug-likeness (QED) is 0.360. The second-order valence-electron chi connectivity index (χ2n) is 8.24. The van der Waals surface area contributed by atoms with Crippen molar-refractivity contribution >= 4 is 29.2 Å². The molecule has 2 aromatic carbocycles. The highest BCUT2D eigenvalue weighted by molar-refractivity contribution is 6.08. The monoisotopic (exact) mass is 466 g/mol. The first-order valence-electron chi connectivity index (χ1n) is 11.1. The van der Waals surface area contributed by atoms with Gasteiger partial charge < -0.3 is 10.2 Å². The maximum absolute atomic E-state index is 13.1. The van der Waals surface area contributed by atoms with E-state index >= 15 is 0 Å². The van der Waals surface area contributed by atoms with Gasteiger partial charge in [-0.3, -0.25) is 30.0 Å². The van der Waals surface area contributed by atoms with Crippen LogP contribution < -0.4 is 15.6 Å². The Hall–Kier alpha value is -3.99. The number of amides is 4. The van der Waals surface area contributed by atoms with Crippen molar-refractivity contribution in [2.45, 2.75) is 18.9 Å². The fourth-order valence-electron chi connectivity index (χ4n) is 4.43. The summed E-state index contributed by atoms with van der Waals surface area (Å²) in [7, 11) is 0. The summed E-state index contributed by atoms with van der Waals surface area (Å²) in [4.78, 5) is 53.0. The molecule has 1 atom stereocenters. The first-order chi connectivity index (χ1) is 16.4. The molecule has 34 heavy (non-hydrogen) atoms. The lowest BCUT2D eigenvalue weighted by molar-refractivity contribution is -0.384. The summed E-state index contributed by atoms with van der Waals surface area (Å²) in [5.74, 6) is -1.01. The number of para-hydroxylation sites is 2. The Morgan fingerprint density at radius 1 is 1.06 bits per heavy atom. The van der Waals surface area contributed by atoms with E-state index in [1.165, 1.54) is 6.07 Å². The zero-order chi connectivity index (χ0) is 24.3. The Labute approximate surface area is 196 Å². The van der Waals surface area contributed by atoms with E-state index < -0.39 is 28.3 Å². The molecule has 0 bridgehead atoms. The molecule has 178 valence electrons. The largest absolute Gasteiger partial charge is 0.363 e. The van der Waals surface area contributed by atoms with Crippen LogP contribution in [0.3, 0.4) is 0 Å². The first-order valence-corrected chi connectivity index (χ1v) is 11.1. The van der Waals surface area contributed by atoms with E-state index in [9.17, 15) is 24.5 Å². The summed E-state index contributed by atoms with van der Waals surface area (Å²) in [6, 6.07) is 14.8. The standard InChI is InChI=1S/C23H26N6O5/c1-2-23(17-8-4-3-5-9-17)21(31)28(22(32)24-23)25-20(30)16-26-12-14-27(15-13-26)18-10-6-7-11-19(18)29(33)34/h3-11H,2,12-16H2,1H3,(H,24,32)(H,25,30)/t23-/m1/s1. The van der Waals surface area contributed by atoms with Crippen molar-refractivity contribution in [3.8, 4) is 0 Å². The van der Waals surface area contributed by atoms with Crippen LogP contribution in [0.4, 0.5) is 16.2 Å². The molecule has 4 rings (SSSR count). The van der Waals surface area contributed by atoms with Crippen molar-refractivity contribution in [1.29, 1.82) is 0 Å². The van der Waals surface area contributed by atoms with E-state index in [2.05, 4.69) is 10.7 Å². The van der Waals surface area contributed by atoms with Gasteiger partial charge in [0.2, 0.25) is 0 Å². The zero-order valence-corrected chi connectivity index (χ0v) is 18.8. The predicted octanol–water partition coefficient (Wildman–Crippen LogP) is 1.61. The number of hydrogen-bond donors (Lipinski definition) is 2. The van der Waals surface area contributed by atoms with E-state index in [1.807, 2.05) is 15.9 Å². The van der Waals surface area contributed by atoms with Crippen molar-refractivity contribution in [2.75, 3.05) is 37.6 Å². The van der Waals surface area contributed by atoms with Gasteiger partial charge >= 0.3 is 6.03 Å². The lowest BCUT2D eigenvalue weighted by Crippen LogP contribution is -2.54. The van der Waals surface area contributed by atoms with E-state index in [0.717, 1.165) is 5.01 Å². The maximum Gasteiger partial charge on any atom is 0.344 e. The molecule has 2 aromatic rings. The Bertz CT molecular complexity index is 1100. The molecule has 11 nitrogen and oxygen atoms in total. The minimum atomic E-state index is -1.22. The molecular weight excluding hydrogens is 440 g/mol. The van der Waals surface area contributed by atoms with Gasteiger partial charge in [-0.15, -0.1) is 0 Å². The van der Waals surface area contributed by atoms with Crippen LogP contribution in [-0.4, -0.2) is 65.4 Å². The number of anilines is 1. The molecule has 0 radical (unpaired) electrons. The fraction of sp³-hybridized carbons (Fsp3) is 0.348. The van der Waals surface area contributed by atoms with Crippen molar-refractivity contribution in [1.82, 2.24) is 20.7 Å². The number of urea groups is 1. The topological polar surface area (TPSA) is 128 Å². The van der Waals surface area contributed by atoms with Gasteiger partial charge in [0.15, 0.2) is 0 Å². The van der Waals surface area contributed by atoms with E-state index in [0.29, 0.717) is 43.9 Å². The van der Waals surface area contributed by atoms with Gasteiger partial charge in [-0.2, -0.15) is 5.01 Å². The molecule has 2 heterocycles. The molecule has 0 unspecified atom stereocenters. The number of rotatable bonds is 7. The van der Waals surface area contributed by atoms with Crippen LogP contribution >= 0.6 is 0 Å². The average Bonchev–Trinajstić information content (AvgIpc) is 3.10. The van der Waals surface area contributed by atoms with Crippen LogP contribution in [-0.2, 0) is 15.1 Å². The second-order valence-corrected chi connectivity index (χ2v) is 8.24. The molecule has 2 aliphatic rings. The SMILES string of the molecule is CC[C@]1(c2ccccc2)NC(=O)N(NC(=O)CN2CCN(c3ccccc3[N+](=O)[O-])CC2)C1=O. The Kier molecular flexibility index (Phi) is 6.46. The minimum Gasteiger partial charge on any atom is -0.363 e. The molecule has 0 spiro atoms. The highest BCUT2D eigenvalue weighted by Crippen LogP contribution is 2.31. The minimum absolute atomic E-state index is 0.00769. The number of carbonyl (C=O) groups is 3. The van der Waals surface area contributed by atoms with Gasteiger partial charge in [-0.25, -0.2) is 4.79 Å². The summed E-state index contributed by atoms with van der Waals surface area (Å²) >= 11 is 0. The lowest BCUT2D eigenvalue weighted by atomic mass is 9.87.